The van der Waals surface area contributed by atoms with Gasteiger partial charge in [0, 0.05) is 31.1 Å². The molecule has 1 heterocycles. The zero-order valence-electron chi connectivity index (χ0n) is 11.2. The molecule has 106 valence electrons. The fourth-order valence-corrected chi connectivity index (χ4v) is 2.73. The number of nitrogens with two attached hydrogens (primary N) is 1. The second-order valence-corrected chi connectivity index (χ2v) is 6.47. The summed E-state index contributed by atoms with van der Waals surface area (Å²) >= 11 is 0. The number of benzene rings is 1. The summed E-state index contributed by atoms with van der Waals surface area (Å²) in [6.07, 6.45) is 3.63. The zero-order valence-corrected chi connectivity index (χ0v) is 12.0. The molecule has 0 saturated carbocycles. The minimum atomic E-state index is -3.31. The Labute approximate surface area is 118 Å². The number of sulfone groups is 1. The quantitative estimate of drug-likeness (QED) is 0.819. The summed E-state index contributed by atoms with van der Waals surface area (Å²) in [6, 6.07) is 10.7. The predicted molar refractivity (Wildman–Crippen MR) is 80.4 cm³/mol. The SMILES string of the molecule is CS(=O)(=O)c1cccc(NCCc2ccccn2)c1N. The Hall–Kier alpha value is -2.08. The largest absolute Gasteiger partial charge is 0.396 e. The summed E-state index contributed by atoms with van der Waals surface area (Å²) in [5.41, 5.74) is 7.75. The first kappa shape index (κ1) is 14.3. The number of rotatable bonds is 5. The first-order valence-electron chi connectivity index (χ1n) is 6.21. The fourth-order valence-electron chi connectivity index (χ4n) is 1.89. The number of para-hydroxylation sites is 1. The van der Waals surface area contributed by atoms with E-state index in [1.165, 1.54) is 6.07 Å². The van der Waals surface area contributed by atoms with Crippen LogP contribution >= 0.6 is 0 Å². The Morgan fingerprint density at radius 3 is 2.65 bits per heavy atom. The van der Waals surface area contributed by atoms with Crippen LogP contribution in [0.3, 0.4) is 0 Å². The van der Waals surface area contributed by atoms with Crippen LogP contribution in [-0.4, -0.2) is 26.2 Å². The molecule has 5 nitrogen and oxygen atoms in total. The minimum Gasteiger partial charge on any atom is -0.396 e. The maximum absolute atomic E-state index is 11.6. The van der Waals surface area contributed by atoms with E-state index in [1.807, 2.05) is 18.2 Å². The van der Waals surface area contributed by atoms with Gasteiger partial charge < -0.3 is 11.1 Å². The first-order valence-corrected chi connectivity index (χ1v) is 8.10. The van der Waals surface area contributed by atoms with E-state index in [0.29, 0.717) is 12.2 Å². The monoisotopic (exact) mass is 291 g/mol. The van der Waals surface area contributed by atoms with E-state index in [-0.39, 0.29) is 10.6 Å². The highest BCUT2D eigenvalue weighted by molar-refractivity contribution is 7.90. The molecular formula is C14H17N3O2S. The molecule has 1 aromatic carbocycles. The third-order valence-corrected chi connectivity index (χ3v) is 4.04. The standard InChI is InChI=1S/C14H17N3O2S/c1-20(18,19)13-7-4-6-12(14(13)15)17-10-8-11-5-2-3-9-16-11/h2-7,9,17H,8,10,15H2,1H3. The van der Waals surface area contributed by atoms with Gasteiger partial charge in [-0.1, -0.05) is 12.1 Å². The van der Waals surface area contributed by atoms with Crippen LogP contribution in [0.15, 0.2) is 47.5 Å². The van der Waals surface area contributed by atoms with Crippen molar-refractivity contribution >= 4 is 21.2 Å². The summed E-state index contributed by atoms with van der Waals surface area (Å²) in [5.74, 6) is 0. The van der Waals surface area contributed by atoms with E-state index in [1.54, 1.807) is 18.3 Å². The van der Waals surface area contributed by atoms with E-state index in [4.69, 9.17) is 5.73 Å². The van der Waals surface area contributed by atoms with E-state index in [2.05, 4.69) is 10.3 Å². The van der Waals surface area contributed by atoms with Crippen molar-refractivity contribution in [3.05, 3.63) is 48.3 Å². The van der Waals surface area contributed by atoms with Gasteiger partial charge in [-0.3, -0.25) is 4.98 Å². The van der Waals surface area contributed by atoms with Gasteiger partial charge in [-0.2, -0.15) is 0 Å². The maximum Gasteiger partial charge on any atom is 0.177 e. The Morgan fingerprint density at radius 2 is 2.00 bits per heavy atom. The lowest BCUT2D eigenvalue weighted by Gasteiger charge is -2.11. The zero-order chi connectivity index (χ0) is 14.6. The lowest BCUT2D eigenvalue weighted by molar-refractivity contribution is 0.602. The number of nitrogen functional groups attached to an aromatic ring is 1. The summed E-state index contributed by atoms with van der Waals surface area (Å²) in [5, 5.41) is 3.14. The lowest BCUT2D eigenvalue weighted by atomic mass is 10.2. The molecule has 0 spiro atoms. The van der Waals surface area contributed by atoms with Crippen molar-refractivity contribution in [1.82, 2.24) is 4.98 Å². The highest BCUT2D eigenvalue weighted by Crippen LogP contribution is 2.26. The average Bonchev–Trinajstić information content (AvgIpc) is 2.40. The van der Waals surface area contributed by atoms with Crippen molar-refractivity contribution < 1.29 is 8.42 Å². The fraction of sp³-hybridized carbons (Fsp3) is 0.214. The van der Waals surface area contributed by atoms with Gasteiger partial charge in [-0.05, 0) is 24.3 Å². The molecule has 0 atom stereocenters. The van der Waals surface area contributed by atoms with Crippen molar-refractivity contribution in [3.63, 3.8) is 0 Å². The molecule has 0 aliphatic heterocycles. The highest BCUT2D eigenvalue weighted by Gasteiger charge is 2.13. The number of anilines is 2. The van der Waals surface area contributed by atoms with Crippen molar-refractivity contribution in [3.8, 4) is 0 Å². The molecule has 0 saturated heterocycles. The Bertz CT molecular complexity index is 685. The Kier molecular flexibility index (Phi) is 4.24. The second-order valence-electron chi connectivity index (χ2n) is 4.49. The molecule has 20 heavy (non-hydrogen) atoms. The van der Waals surface area contributed by atoms with Crippen LogP contribution in [0.1, 0.15) is 5.69 Å². The van der Waals surface area contributed by atoms with Crippen LogP contribution in [0, 0.1) is 0 Å². The topological polar surface area (TPSA) is 85.1 Å². The molecule has 6 heteroatoms. The number of hydrogen-bond donors (Lipinski definition) is 2. The normalized spacial score (nSPS) is 11.2. The summed E-state index contributed by atoms with van der Waals surface area (Å²) in [4.78, 5) is 4.38. The lowest BCUT2D eigenvalue weighted by Crippen LogP contribution is -2.10. The van der Waals surface area contributed by atoms with E-state index < -0.39 is 9.84 Å². The highest BCUT2D eigenvalue weighted by atomic mass is 32.2. The Balaban J connectivity index is 2.07. The van der Waals surface area contributed by atoms with Crippen molar-refractivity contribution in [2.45, 2.75) is 11.3 Å². The first-order chi connectivity index (χ1) is 9.48. The molecule has 2 rings (SSSR count). The smallest absolute Gasteiger partial charge is 0.177 e. The van der Waals surface area contributed by atoms with Gasteiger partial charge in [0.05, 0.1) is 16.3 Å². The molecule has 0 fully saturated rings. The van der Waals surface area contributed by atoms with Gasteiger partial charge in [0.1, 0.15) is 0 Å². The molecule has 0 radical (unpaired) electrons. The molecule has 1 aromatic heterocycles. The molecule has 0 aliphatic rings. The van der Waals surface area contributed by atoms with Gasteiger partial charge in [0.15, 0.2) is 9.84 Å². The summed E-state index contributed by atoms with van der Waals surface area (Å²) < 4.78 is 23.2. The van der Waals surface area contributed by atoms with E-state index in [0.717, 1.165) is 18.4 Å². The van der Waals surface area contributed by atoms with Gasteiger partial charge >= 0.3 is 0 Å². The van der Waals surface area contributed by atoms with Crippen LogP contribution in [0.5, 0.6) is 0 Å². The van der Waals surface area contributed by atoms with Crippen molar-refractivity contribution in [2.75, 3.05) is 23.9 Å². The summed E-state index contributed by atoms with van der Waals surface area (Å²) in [7, 11) is -3.31. The summed E-state index contributed by atoms with van der Waals surface area (Å²) in [6.45, 7) is 0.633. The van der Waals surface area contributed by atoms with E-state index >= 15 is 0 Å². The number of nitrogens with zero attached hydrogens (tertiary/aromatic N) is 1. The van der Waals surface area contributed by atoms with Crippen molar-refractivity contribution in [1.29, 1.82) is 0 Å². The van der Waals surface area contributed by atoms with Crippen LogP contribution in [0.25, 0.3) is 0 Å². The second kappa shape index (κ2) is 5.92. The third kappa shape index (κ3) is 3.48. The van der Waals surface area contributed by atoms with Gasteiger partial charge in [0.25, 0.3) is 0 Å². The van der Waals surface area contributed by atoms with Crippen LogP contribution in [-0.2, 0) is 16.3 Å². The number of pyridine rings is 1. The van der Waals surface area contributed by atoms with Crippen molar-refractivity contribution in [2.24, 2.45) is 0 Å². The molecular weight excluding hydrogens is 274 g/mol. The van der Waals surface area contributed by atoms with Gasteiger partial charge in [0.2, 0.25) is 0 Å². The molecule has 0 amide bonds. The molecule has 0 unspecified atom stereocenters. The average molecular weight is 291 g/mol. The minimum absolute atomic E-state index is 0.153. The van der Waals surface area contributed by atoms with Crippen LogP contribution in [0.2, 0.25) is 0 Å². The molecule has 3 N–H and O–H groups in total. The maximum atomic E-state index is 11.6. The molecule has 2 aromatic rings. The number of hydrogen-bond acceptors (Lipinski definition) is 5. The molecule has 0 bridgehead atoms. The van der Waals surface area contributed by atoms with Crippen LogP contribution in [0.4, 0.5) is 11.4 Å². The van der Waals surface area contributed by atoms with E-state index in [9.17, 15) is 8.42 Å². The third-order valence-electron chi connectivity index (χ3n) is 2.89. The number of aromatic nitrogens is 1. The molecule has 0 aliphatic carbocycles. The Morgan fingerprint density at radius 1 is 1.20 bits per heavy atom. The predicted octanol–water partition coefficient (Wildman–Crippen LogP) is 1.72. The number of nitrogens with one attached hydrogen (secondary N) is 1. The van der Waals surface area contributed by atoms with Gasteiger partial charge in [-0.15, -0.1) is 0 Å². The van der Waals surface area contributed by atoms with Gasteiger partial charge in [-0.25, -0.2) is 8.42 Å². The van der Waals surface area contributed by atoms with Crippen LogP contribution < -0.4 is 11.1 Å².